The maximum atomic E-state index is 6.34. The zero-order valence-electron chi connectivity index (χ0n) is 13.0. The van der Waals surface area contributed by atoms with E-state index in [2.05, 4.69) is 12.2 Å². The van der Waals surface area contributed by atoms with Gasteiger partial charge in [0.25, 0.3) is 0 Å². The van der Waals surface area contributed by atoms with Crippen molar-refractivity contribution < 1.29 is 0 Å². The molecule has 1 nitrogen and oxygen atoms in total. The zero-order chi connectivity index (χ0) is 15.1. The third-order valence-electron chi connectivity index (χ3n) is 4.54. The Morgan fingerprint density at radius 1 is 1.14 bits per heavy atom. The largest absolute Gasteiger partial charge is 0.314 e. The highest BCUT2D eigenvalue weighted by Crippen LogP contribution is 2.30. The van der Waals surface area contributed by atoms with Gasteiger partial charge in [-0.1, -0.05) is 68.3 Å². The summed E-state index contributed by atoms with van der Waals surface area (Å²) in [5.74, 6) is 0.870. The number of hydrogen-bond donors (Lipinski definition) is 1. The SMILES string of the molecule is CCCNC(Cc1c(Cl)cccc1Cl)CC1CCCCC1. The van der Waals surface area contributed by atoms with Crippen molar-refractivity contribution in [2.75, 3.05) is 6.54 Å². The summed E-state index contributed by atoms with van der Waals surface area (Å²) in [6, 6.07) is 6.30. The fourth-order valence-corrected chi connectivity index (χ4v) is 3.94. The fraction of sp³-hybridized carbons (Fsp3) is 0.667. The van der Waals surface area contributed by atoms with E-state index in [0.717, 1.165) is 40.9 Å². The Balaban J connectivity index is 2.01. The maximum Gasteiger partial charge on any atom is 0.0453 e. The van der Waals surface area contributed by atoms with Crippen molar-refractivity contribution in [3.63, 3.8) is 0 Å². The summed E-state index contributed by atoms with van der Waals surface area (Å²) in [7, 11) is 0. The van der Waals surface area contributed by atoms with Crippen LogP contribution in [-0.4, -0.2) is 12.6 Å². The first-order chi connectivity index (χ1) is 10.2. The van der Waals surface area contributed by atoms with Gasteiger partial charge in [0.15, 0.2) is 0 Å². The predicted molar refractivity (Wildman–Crippen MR) is 93.4 cm³/mol. The lowest BCUT2D eigenvalue weighted by atomic mass is 9.83. The molecule has 1 atom stereocenters. The molecule has 1 unspecified atom stereocenters. The van der Waals surface area contributed by atoms with Crippen molar-refractivity contribution >= 4 is 23.2 Å². The molecule has 1 aromatic rings. The van der Waals surface area contributed by atoms with Gasteiger partial charge < -0.3 is 5.32 Å². The van der Waals surface area contributed by atoms with Gasteiger partial charge in [-0.15, -0.1) is 0 Å². The lowest BCUT2D eigenvalue weighted by Crippen LogP contribution is -2.34. The summed E-state index contributed by atoms with van der Waals surface area (Å²) in [4.78, 5) is 0. The van der Waals surface area contributed by atoms with Crippen LogP contribution in [0.25, 0.3) is 0 Å². The Kier molecular flexibility index (Phi) is 7.36. The second kappa shape index (κ2) is 9.02. The second-order valence-corrected chi connectivity index (χ2v) is 7.11. The van der Waals surface area contributed by atoms with Gasteiger partial charge in [-0.2, -0.15) is 0 Å². The number of hydrogen-bond acceptors (Lipinski definition) is 1. The van der Waals surface area contributed by atoms with Crippen molar-refractivity contribution in [3.05, 3.63) is 33.8 Å². The van der Waals surface area contributed by atoms with Gasteiger partial charge in [0.1, 0.15) is 0 Å². The molecule has 3 heteroatoms. The first-order valence-corrected chi connectivity index (χ1v) is 9.12. The standard InChI is InChI=1S/C18H27Cl2N/c1-2-11-21-15(12-14-7-4-3-5-8-14)13-16-17(19)9-6-10-18(16)20/h6,9-10,14-15,21H,2-5,7-8,11-13H2,1H3. The minimum Gasteiger partial charge on any atom is -0.314 e. The lowest BCUT2D eigenvalue weighted by Gasteiger charge is -2.28. The van der Waals surface area contributed by atoms with Crippen LogP contribution >= 0.6 is 23.2 Å². The van der Waals surface area contributed by atoms with Gasteiger partial charge in [0.05, 0.1) is 0 Å². The van der Waals surface area contributed by atoms with Crippen molar-refractivity contribution in [1.82, 2.24) is 5.32 Å². The molecule has 1 aliphatic rings. The van der Waals surface area contributed by atoms with Gasteiger partial charge in [-0.05, 0) is 49.4 Å². The molecule has 0 amide bonds. The summed E-state index contributed by atoms with van der Waals surface area (Å²) in [5, 5.41) is 5.30. The highest BCUT2D eigenvalue weighted by Gasteiger charge is 2.20. The Bertz CT molecular complexity index is 407. The summed E-state index contributed by atoms with van der Waals surface area (Å²) < 4.78 is 0. The lowest BCUT2D eigenvalue weighted by molar-refractivity contribution is 0.296. The normalized spacial score (nSPS) is 17.9. The fourth-order valence-electron chi connectivity index (χ4n) is 3.39. The molecule has 21 heavy (non-hydrogen) atoms. The van der Waals surface area contributed by atoms with E-state index in [9.17, 15) is 0 Å². The van der Waals surface area contributed by atoms with E-state index in [-0.39, 0.29) is 0 Å². The maximum absolute atomic E-state index is 6.34. The molecule has 0 spiro atoms. The van der Waals surface area contributed by atoms with E-state index in [1.54, 1.807) is 0 Å². The van der Waals surface area contributed by atoms with Crippen LogP contribution in [0.5, 0.6) is 0 Å². The smallest absolute Gasteiger partial charge is 0.0453 e. The highest BCUT2D eigenvalue weighted by molar-refractivity contribution is 6.36. The van der Waals surface area contributed by atoms with E-state index in [1.807, 2.05) is 18.2 Å². The monoisotopic (exact) mass is 327 g/mol. The number of rotatable bonds is 7. The van der Waals surface area contributed by atoms with Crippen molar-refractivity contribution in [2.45, 2.75) is 64.3 Å². The van der Waals surface area contributed by atoms with E-state index in [4.69, 9.17) is 23.2 Å². The van der Waals surface area contributed by atoms with E-state index < -0.39 is 0 Å². The van der Waals surface area contributed by atoms with Gasteiger partial charge in [-0.3, -0.25) is 0 Å². The molecule has 1 aliphatic carbocycles. The molecule has 0 radical (unpaired) electrons. The second-order valence-electron chi connectivity index (χ2n) is 6.30. The molecule has 0 aliphatic heterocycles. The van der Waals surface area contributed by atoms with Gasteiger partial charge in [-0.25, -0.2) is 0 Å². The first-order valence-electron chi connectivity index (χ1n) is 8.37. The van der Waals surface area contributed by atoms with Gasteiger partial charge in [0, 0.05) is 16.1 Å². The van der Waals surface area contributed by atoms with E-state index in [0.29, 0.717) is 6.04 Å². The minimum absolute atomic E-state index is 0.491. The number of benzene rings is 1. The number of halogens is 2. The molecule has 2 rings (SSSR count). The Labute approximate surface area is 139 Å². The Morgan fingerprint density at radius 2 is 1.81 bits per heavy atom. The Morgan fingerprint density at radius 3 is 2.43 bits per heavy atom. The van der Waals surface area contributed by atoms with Crippen LogP contribution in [0.4, 0.5) is 0 Å². The summed E-state index contributed by atoms with van der Waals surface area (Å²) >= 11 is 12.7. The Hall–Kier alpha value is -0.240. The first kappa shape index (κ1) is 17.1. The third kappa shape index (κ3) is 5.47. The van der Waals surface area contributed by atoms with Crippen LogP contribution in [0, 0.1) is 5.92 Å². The highest BCUT2D eigenvalue weighted by atomic mass is 35.5. The predicted octanol–water partition coefficient (Wildman–Crippen LogP) is 5.87. The van der Waals surface area contributed by atoms with Crippen LogP contribution in [0.2, 0.25) is 10.0 Å². The minimum atomic E-state index is 0.491. The van der Waals surface area contributed by atoms with E-state index in [1.165, 1.54) is 38.5 Å². The van der Waals surface area contributed by atoms with Crippen molar-refractivity contribution in [1.29, 1.82) is 0 Å². The molecule has 0 heterocycles. The molecule has 1 N–H and O–H groups in total. The molecule has 1 aromatic carbocycles. The van der Waals surface area contributed by atoms with Crippen molar-refractivity contribution in [3.8, 4) is 0 Å². The average molecular weight is 328 g/mol. The molecule has 0 saturated heterocycles. The van der Waals surface area contributed by atoms with Crippen LogP contribution in [-0.2, 0) is 6.42 Å². The molecular formula is C18H27Cl2N. The summed E-state index contributed by atoms with van der Waals surface area (Å²) in [5.41, 5.74) is 1.10. The molecule has 1 fully saturated rings. The molecule has 1 saturated carbocycles. The number of nitrogens with one attached hydrogen (secondary N) is 1. The summed E-state index contributed by atoms with van der Waals surface area (Å²) in [6.07, 6.45) is 10.4. The van der Waals surface area contributed by atoms with Crippen molar-refractivity contribution in [2.24, 2.45) is 5.92 Å². The molecular weight excluding hydrogens is 301 g/mol. The molecule has 118 valence electrons. The molecule has 0 aromatic heterocycles. The van der Waals surface area contributed by atoms with E-state index >= 15 is 0 Å². The topological polar surface area (TPSA) is 12.0 Å². The third-order valence-corrected chi connectivity index (χ3v) is 5.25. The zero-order valence-corrected chi connectivity index (χ0v) is 14.5. The quantitative estimate of drug-likeness (QED) is 0.659. The van der Waals surface area contributed by atoms with Crippen LogP contribution in [0.15, 0.2) is 18.2 Å². The molecule has 0 bridgehead atoms. The van der Waals surface area contributed by atoms with Crippen LogP contribution in [0.3, 0.4) is 0 Å². The summed E-state index contributed by atoms with van der Waals surface area (Å²) in [6.45, 7) is 3.28. The van der Waals surface area contributed by atoms with Crippen LogP contribution in [0.1, 0.15) is 57.4 Å². The van der Waals surface area contributed by atoms with Gasteiger partial charge in [0.2, 0.25) is 0 Å². The van der Waals surface area contributed by atoms with Gasteiger partial charge >= 0.3 is 0 Å². The average Bonchev–Trinajstić information content (AvgIpc) is 2.49. The van der Waals surface area contributed by atoms with Crippen LogP contribution < -0.4 is 5.32 Å².